The number of likely N-dealkylation sites (tertiary alicyclic amines) is 2. The van der Waals surface area contributed by atoms with Crippen molar-refractivity contribution in [2.75, 3.05) is 33.3 Å². The first-order valence-electron chi connectivity index (χ1n) is 9.33. The minimum atomic E-state index is -0.105. The monoisotopic (exact) mass is 328 g/mol. The fourth-order valence-electron chi connectivity index (χ4n) is 4.45. The molecule has 130 valence electrons. The second-order valence-corrected chi connectivity index (χ2v) is 7.89. The summed E-state index contributed by atoms with van der Waals surface area (Å²) in [6, 6.07) is 8.09. The topological polar surface area (TPSA) is 32.8 Å². The Bertz CT molecular complexity index is 613. The van der Waals surface area contributed by atoms with Crippen molar-refractivity contribution in [3.05, 3.63) is 29.8 Å². The number of carbonyl (C=O) groups is 1. The molecule has 3 fully saturated rings. The third-order valence-electron chi connectivity index (χ3n) is 5.98. The van der Waals surface area contributed by atoms with Crippen molar-refractivity contribution in [1.29, 1.82) is 0 Å². The SMILES string of the molecule is COc1cccc(CN2CCC[C@]3(CCN(CC4CC4)C3)C2=O)c1. The minimum Gasteiger partial charge on any atom is -0.497 e. The lowest BCUT2D eigenvalue weighted by molar-refractivity contribution is -0.146. The third kappa shape index (κ3) is 3.16. The van der Waals surface area contributed by atoms with Crippen molar-refractivity contribution in [3.8, 4) is 5.75 Å². The molecule has 1 spiro atoms. The summed E-state index contributed by atoms with van der Waals surface area (Å²) in [5.74, 6) is 2.16. The van der Waals surface area contributed by atoms with Gasteiger partial charge >= 0.3 is 0 Å². The van der Waals surface area contributed by atoms with Crippen LogP contribution in [0, 0.1) is 11.3 Å². The van der Waals surface area contributed by atoms with Gasteiger partial charge in [-0.15, -0.1) is 0 Å². The van der Waals surface area contributed by atoms with Gasteiger partial charge < -0.3 is 14.5 Å². The number of benzene rings is 1. The molecular weight excluding hydrogens is 300 g/mol. The van der Waals surface area contributed by atoms with Gasteiger partial charge in [-0.3, -0.25) is 4.79 Å². The van der Waals surface area contributed by atoms with Gasteiger partial charge in [-0.2, -0.15) is 0 Å². The van der Waals surface area contributed by atoms with Gasteiger partial charge in [0.2, 0.25) is 5.91 Å². The summed E-state index contributed by atoms with van der Waals surface area (Å²) in [6.45, 7) is 4.90. The van der Waals surface area contributed by atoms with Crippen LogP contribution < -0.4 is 4.74 Å². The summed E-state index contributed by atoms with van der Waals surface area (Å²) < 4.78 is 5.31. The van der Waals surface area contributed by atoms with Crippen molar-refractivity contribution < 1.29 is 9.53 Å². The van der Waals surface area contributed by atoms with E-state index in [4.69, 9.17) is 4.74 Å². The smallest absolute Gasteiger partial charge is 0.230 e. The zero-order valence-corrected chi connectivity index (χ0v) is 14.7. The van der Waals surface area contributed by atoms with E-state index in [0.29, 0.717) is 12.5 Å². The molecule has 4 nitrogen and oxygen atoms in total. The maximum absolute atomic E-state index is 13.2. The van der Waals surface area contributed by atoms with Crippen LogP contribution in [0.2, 0.25) is 0 Å². The molecule has 2 saturated heterocycles. The maximum atomic E-state index is 13.2. The number of amides is 1. The Balaban J connectivity index is 1.44. The van der Waals surface area contributed by atoms with Crippen LogP contribution in [0.4, 0.5) is 0 Å². The number of hydrogen-bond acceptors (Lipinski definition) is 3. The first kappa shape index (κ1) is 15.9. The van der Waals surface area contributed by atoms with Gasteiger partial charge in [-0.05, 0) is 62.3 Å². The number of piperidine rings is 1. The van der Waals surface area contributed by atoms with Crippen molar-refractivity contribution in [2.45, 2.75) is 38.6 Å². The normalized spacial score (nSPS) is 27.9. The van der Waals surface area contributed by atoms with Crippen molar-refractivity contribution in [3.63, 3.8) is 0 Å². The molecule has 1 amide bonds. The van der Waals surface area contributed by atoms with Crippen LogP contribution in [0.25, 0.3) is 0 Å². The molecule has 3 aliphatic rings. The fraction of sp³-hybridized carbons (Fsp3) is 0.650. The highest BCUT2D eigenvalue weighted by molar-refractivity contribution is 5.84. The lowest BCUT2D eigenvalue weighted by atomic mass is 9.78. The van der Waals surface area contributed by atoms with Crippen LogP contribution in [0.1, 0.15) is 37.7 Å². The zero-order valence-electron chi connectivity index (χ0n) is 14.7. The van der Waals surface area contributed by atoms with Crippen molar-refractivity contribution >= 4 is 5.91 Å². The first-order valence-corrected chi connectivity index (χ1v) is 9.33. The van der Waals surface area contributed by atoms with E-state index in [2.05, 4.69) is 15.9 Å². The van der Waals surface area contributed by atoms with Gasteiger partial charge in [0, 0.05) is 26.2 Å². The van der Waals surface area contributed by atoms with Crippen LogP contribution in [-0.2, 0) is 11.3 Å². The van der Waals surface area contributed by atoms with Crippen LogP contribution in [0.15, 0.2) is 24.3 Å². The molecule has 1 aromatic rings. The summed E-state index contributed by atoms with van der Waals surface area (Å²) in [5, 5.41) is 0. The second kappa shape index (κ2) is 6.40. The largest absolute Gasteiger partial charge is 0.497 e. The van der Waals surface area contributed by atoms with E-state index in [1.807, 2.05) is 18.2 Å². The molecular formula is C20H28N2O2. The molecule has 24 heavy (non-hydrogen) atoms. The van der Waals surface area contributed by atoms with Gasteiger partial charge in [-0.25, -0.2) is 0 Å². The molecule has 1 atom stereocenters. The molecule has 2 aliphatic heterocycles. The Kier molecular flexibility index (Phi) is 4.25. The number of nitrogens with zero attached hydrogens (tertiary/aromatic N) is 2. The van der Waals surface area contributed by atoms with Gasteiger partial charge in [-0.1, -0.05) is 12.1 Å². The summed E-state index contributed by atoms with van der Waals surface area (Å²) in [5.41, 5.74) is 1.05. The Morgan fingerprint density at radius 1 is 1.25 bits per heavy atom. The highest BCUT2D eigenvalue weighted by atomic mass is 16.5. The van der Waals surface area contributed by atoms with Crippen LogP contribution >= 0.6 is 0 Å². The summed E-state index contributed by atoms with van der Waals surface area (Å²) >= 11 is 0. The molecule has 0 unspecified atom stereocenters. The third-order valence-corrected chi connectivity index (χ3v) is 5.98. The molecule has 1 aliphatic carbocycles. The number of carbonyl (C=O) groups excluding carboxylic acids is 1. The van der Waals surface area contributed by atoms with E-state index in [1.165, 1.54) is 19.4 Å². The quantitative estimate of drug-likeness (QED) is 0.833. The van der Waals surface area contributed by atoms with Crippen LogP contribution in [-0.4, -0.2) is 49.0 Å². The summed E-state index contributed by atoms with van der Waals surface area (Å²) in [4.78, 5) is 17.9. The highest BCUT2D eigenvalue weighted by Crippen LogP contribution is 2.42. The molecule has 4 heteroatoms. The van der Waals surface area contributed by atoms with E-state index >= 15 is 0 Å². The Morgan fingerprint density at radius 3 is 2.92 bits per heavy atom. The molecule has 0 N–H and O–H groups in total. The Hall–Kier alpha value is -1.55. The first-order chi connectivity index (χ1) is 11.7. The molecule has 1 aromatic carbocycles. The number of hydrogen-bond donors (Lipinski definition) is 0. The maximum Gasteiger partial charge on any atom is 0.230 e. The van der Waals surface area contributed by atoms with Gasteiger partial charge in [0.05, 0.1) is 12.5 Å². The Labute approximate surface area is 144 Å². The minimum absolute atomic E-state index is 0.105. The number of ether oxygens (including phenoxy) is 1. The van der Waals surface area contributed by atoms with Gasteiger partial charge in [0.25, 0.3) is 0 Å². The summed E-state index contributed by atoms with van der Waals surface area (Å²) in [7, 11) is 1.69. The Morgan fingerprint density at radius 2 is 2.12 bits per heavy atom. The lowest BCUT2D eigenvalue weighted by Gasteiger charge is -2.39. The molecule has 0 aromatic heterocycles. The van der Waals surface area contributed by atoms with Crippen molar-refractivity contribution in [1.82, 2.24) is 9.80 Å². The predicted octanol–water partition coefficient (Wildman–Crippen LogP) is 2.92. The molecule has 1 saturated carbocycles. The van der Waals surface area contributed by atoms with E-state index in [-0.39, 0.29) is 5.41 Å². The molecule has 2 heterocycles. The van der Waals surface area contributed by atoms with E-state index < -0.39 is 0 Å². The fourth-order valence-corrected chi connectivity index (χ4v) is 4.45. The average Bonchev–Trinajstić information content (AvgIpc) is 3.32. The van der Waals surface area contributed by atoms with E-state index in [1.54, 1.807) is 7.11 Å². The highest BCUT2D eigenvalue weighted by Gasteiger charge is 2.48. The molecule has 4 rings (SSSR count). The van der Waals surface area contributed by atoms with Gasteiger partial charge in [0.1, 0.15) is 5.75 Å². The number of methoxy groups -OCH3 is 1. The lowest BCUT2D eigenvalue weighted by Crippen LogP contribution is -2.49. The molecule has 0 bridgehead atoms. The van der Waals surface area contributed by atoms with Gasteiger partial charge in [0.15, 0.2) is 0 Å². The predicted molar refractivity (Wildman–Crippen MR) is 93.9 cm³/mol. The summed E-state index contributed by atoms with van der Waals surface area (Å²) in [6.07, 6.45) is 6.03. The van der Waals surface area contributed by atoms with E-state index in [0.717, 1.165) is 56.1 Å². The van der Waals surface area contributed by atoms with E-state index in [9.17, 15) is 4.79 Å². The van der Waals surface area contributed by atoms with Crippen LogP contribution in [0.3, 0.4) is 0 Å². The average molecular weight is 328 g/mol. The van der Waals surface area contributed by atoms with Crippen molar-refractivity contribution in [2.24, 2.45) is 11.3 Å². The number of rotatable bonds is 5. The molecule has 0 radical (unpaired) electrons. The zero-order chi connectivity index (χ0) is 16.6. The standard InChI is InChI=1S/C20H28N2O2/c1-24-18-5-2-4-17(12-18)14-22-10-3-8-20(19(22)23)9-11-21(15-20)13-16-6-7-16/h2,4-5,12,16H,3,6-11,13-15H2,1H3/t20-/m1/s1. The second-order valence-electron chi connectivity index (χ2n) is 7.89. The van der Waals surface area contributed by atoms with Crippen LogP contribution in [0.5, 0.6) is 5.75 Å².